The van der Waals surface area contributed by atoms with Crippen molar-refractivity contribution >= 4 is 5.78 Å². The molecule has 0 saturated heterocycles. The van der Waals surface area contributed by atoms with Gasteiger partial charge in [-0.1, -0.05) is 0 Å². The molecule has 0 spiro atoms. The highest BCUT2D eigenvalue weighted by atomic mass is 19.1. The zero-order valence-electron chi connectivity index (χ0n) is 9.83. The van der Waals surface area contributed by atoms with E-state index in [1.807, 2.05) is 0 Å². The average Bonchev–Trinajstić information content (AvgIpc) is 2.26. The molecular formula is C12H15FO3. The van der Waals surface area contributed by atoms with Gasteiger partial charge in [-0.3, -0.25) is 4.79 Å². The lowest BCUT2D eigenvalue weighted by Gasteiger charge is -2.14. The molecule has 88 valence electrons. The maximum Gasteiger partial charge on any atom is 0.161 e. The van der Waals surface area contributed by atoms with Crippen molar-refractivity contribution in [2.75, 3.05) is 14.2 Å². The standard InChI is InChI=1S/C12H15FO3/c1-7(13)9-5-11(15-3)12(16-4)6-10(9)8(2)14/h5-7H,1-4H3. The van der Waals surface area contributed by atoms with Crippen LogP contribution in [-0.4, -0.2) is 20.0 Å². The van der Waals surface area contributed by atoms with E-state index >= 15 is 0 Å². The van der Waals surface area contributed by atoms with Crippen LogP contribution in [0.4, 0.5) is 4.39 Å². The number of hydrogen-bond acceptors (Lipinski definition) is 3. The SMILES string of the molecule is COc1cc(C(C)=O)c(C(C)F)cc1OC. The van der Waals surface area contributed by atoms with Crippen molar-refractivity contribution in [2.24, 2.45) is 0 Å². The summed E-state index contributed by atoms with van der Waals surface area (Å²) in [6, 6.07) is 3.01. The highest BCUT2D eigenvalue weighted by molar-refractivity contribution is 5.96. The Morgan fingerprint density at radius 2 is 1.75 bits per heavy atom. The normalized spacial score (nSPS) is 12.1. The third kappa shape index (κ3) is 2.32. The number of Topliss-reactive ketones (excluding diaryl/α,β-unsaturated/α-hetero) is 1. The van der Waals surface area contributed by atoms with Crippen LogP contribution in [0, 0.1) is 0 Å². The van der Waals surface area contributed by atoms with Crippen molar-refractivity contribution in [3.8, 4) is 11.5 Å². The van der Waals surface area contributed by atoms with E-state index in [2.05, 4.69) is 0 Å². The predicted octanol–water partition coefficient (Wildman–Crippen LogP) is 2.94. The summed E-state index contributed by atoms with van der Waals surface area (Å²) in [5, 5.41) is 0. The molecule has 3 nitrogen and oxygen atoms in total. The van der Waals surface area contributed by atoms with E-state index in [1.54, 1.807) is 0 Å². The molecule has 0 heterocycles. The maximum absolute atomic E-state index is 13.4. The second kappa shape index (κ2) is 4.96. The summed E-state index contributed by atoms with van der Waals surface area (Å²) in [6.45, 7) is 2.78. The number of ether oxygens (including phenoxy) is 2. The fraction of sp³-hybridized carbons (Fsp3) is 0.417. The van der Waals surface area contributed by atoms with Crippen LogP contribution in [0.15, 0.2) is 12.1 Å². The van der Waals surface area contributed by atoms with E-state index in [-0.39, 0.29) is 5.78 Å². The van der Waals surface area contributed by atoms with Crippen molar-refractivity contribution in [2.45, 2.75) is 20.0 Å². The summed E-state index contributed by atoms with van der Waals surface area (Å²) < 4.78 is 23.5. The minimum Gasteiger partial charge on any atom is -0.493 e. The average molecular weight is 226 g/mol. The zero-order valence-corrected chi connectivity index (χ0v) is 9.83. The number of carbonyl (C=O) groups excluding carboxylic acids is 1. The molecule has 1 rings (SSSR count). The second-order valence-electron chi connectivity index (χ2n) is 3.47. The number of alkyl halides is 1. The molecule has 0 amide bonds. The van der Waals surface area contributed by atoms with Gasteiger partial charge in [0.05, 0.1) is 14.2 Å². The van der Waals surface area contributed by atoms with Crippen molar-refractivity contribution < 1.29 is 18.7 Å². The van der Waals surface area contributed by atoms with E-state index in [0.717, 1.165) is 0 Å². The van der Waals surface area contributed by atoms with Gasteiger partial charge in [-0.2, -0.15) is 0 Å². The molecule has 0 N–H and O–H groups in total. The van der Waals surface area contributed by atoms with Crippen LogP contribution in [0.2, 0.25) is 0 Å². The van der Waals surface area contributed by atoms with E-state index in [4.69, 9.17) is 9.47 Å². The molecule has 0 aliphatic rings. The Bertz CT molecular complexity index is 399. The van der Waals surface area contributed by atoms with Gasteiger partial charge in [-0.15, -0.1) is 0 Å². The van der Waals surface area contributed by atoms with Gasteiger partial charge >= 0.3 is 0 Å². The molecule has 1 aromatic rings. The summed E-state index contributed by atoms with van der Waals surface area (Å²) >= 11 is 0. The molecule has 0 aliphatic heterocycles. The molecule has 0 aromatic heterocycles. The van der Waals surface area contributed by atoms with Gasteiger partial charge in [-0.25, -0.2) is 4.39 Å². The summed E-state index contributed by atoms with van der Waals surface area (Å²) in [7, 11) is 2.94. The van der Waals surface area contributed by atoms with Crippen LogP contribution in [0.1, 0.15) is 35.9 Å². The fourth-order valence-electron chi connectivity index (χ4n) is 1.53. The summed E-state index contributed by atoms with van der Waals surface area (Å²) in [5.74, 6) is 0.657. The number of halogens is 1. The largest absolute Gasteiger partial charge is 0.493 e. The smallest absolute Gasteiger partial charge is 0.161 e. The van der Waals surface area contributed by atoms with Crippen molar-refractivity contribution in [3.05, 3.63) is 23.3 Å². The molecule has 0 saturated carbocycles. The number of rotatable bonds is 4. The fourth-order valence-corrected chi connectivity index (χ4v) is 1.53. The van der Waals surface area contributed by atoms with Crippen molar-refractivity contribution in [1.82, 2.24) is 0 Å². The minimum absolute atomic E-state index is 0.194. The monoisotopic (exact) mass is 226 g/mol. The number of benzene rings is 1. The number of ketones is 1. The molecule has 0 radical (unpaired) electrons. The van der Waals surface area contributed by atoms with Gasteiger partial charge in [0.2, 0.25) is 0 Å². The lowest BCUT2D eigenvalue weighted by atomic mass is 10.00. The van der Waals surface area contributed by atoms with Crippen LogP contribution < -0.4 is 9.47 Å². The van der Waals surface area contributed by atoms with Gasteiger partial charge in [0.25, 0.3) is 0 Å². The Hall–Kier alpha value is -1.58. The molecule has 1 aromatic carbocycles. The van der Waals surface area contributed by atoms with Crippen LogP contribution in [0.5, 0.6) is 11.5 Å². The van der Waals surface area contributed by atoms with Gasteiger partial charge in [0.15, 0.2) is 17.3 Å². The Morgan fingerprint density at radius 1 is 1.25 bits per heavy atom. The van der Waals surface area contributed by atoms with E-state index in [1.165, 1.54) is 40.2 Å². The Kier molecular flexibility index (Phi) is 3.88. The molecule has 0 bridgehead atoms. The van der Waals surface area contributed by atoms with Crippen LogP contribution in [0.3, 0.4) is 0 Å². The van der Waals surface area contributed by atoms with Gasteiger partial charge in [0.1, 0.15) is 6.17 Å². The highest BCUT2D eigenvalue weighted by Gasteiger charge is 2.17. The Balaban J connectivity index is 3.41. The summed E-state index contributed by atoms with van der Waals surface area (Å²) in [4.78, 5) is 11.4. The highest BCUT2D eigenvalue weighted by Crippen LogP contribution is 2.34. The summed E-state index contributed by atoms with van der Waals surface area (Å²) in [6.07, 6.45) is -1.22. The first-order chi connectivity index (χ1) is 7.51. The summed E-state index contributed by atoms with van der Waals surface area (Å²) in [5.41, 5.74) is 0.651. The second-order valence-corrected chi connectivity index (χ2v) is 3.47. The zero-order chi connectivity index (χ0) is 12.3. The number of methoxy groups -OCH3 is 2. The molecule has 1 atom stereocenters. The maximum atomic E-state index is 13.4. The molecule has 0 fully saturated rings. The lowest BCUT2D eigenvalue weighted by molar-refractivity contribution is 0.101. The van der Waals surface area contributed by atoms with Gasteiger partial charge in [0, 0.05) is 11.1 Å². The first-order valence-electron chi connectivity index (χ1n) is 4.92. The Morgan fingerprint density at radius 3 is 2.12 bits per heavy atom. The molecule has 1 unspecified atom stereocenters. The quantitative estimate of drug-likeness (QED) is 0.740. The molecule has 4 heteroatoms. The van der Waals surface area contributed by atoms with Crippen molar-refractivity contribution in [1.29, 1.82) is 0 Å². The lowest BCUT2D eigenvalue weighted by Crippen LogP contribution is -2.03. The third-order valence-corrected chi connectivity index (χ3v) is 2.36. The van der Waals surface area contributed by atoms with E-state index in [9.17, 15) is 9.18 Å². The molecule has 0 aliphatic carbocycles. The minimum atomic E-state index is -1.22. The van der Waals surface area contributed by atoms with Crippen LogP contribution in [-0.2, 0) is 0 Å². The topological polar surface area (TPSA) is 35.5 Å². The van der Waals surface area contributed by atoms with Gasteiger partial charge in [-0.05, 0) is 26.0 Å². The third-order valence-electron chi connectivity index (χ3n) is 2.36. The molecule has 16 heavy (non-hydrogen) atoms. The van der Waals surface area contributed by atoms with E-state index < -0.39 is 6.17 Å². The Labute approximate surface area is 94.2 Å². The van der Waals surface area contributed by atoms with Crippen molar-refractivity contribution in [3.63, 3.8) is 0 Å². The van der Waals surface area contributed by atoms with E-state index in [0.29, 0.717) is 22.6 Å². The number of carbonyl (C=O) groups is 1. The van der Waals surface area contributed by atoms with Gasteiger partial charge < -0.3 is 9.47 Å². The van der Waals surface area contributed by atoms with Crippen LogP contribution >= 0.6 is 0 Å². The molecular weight excluding hydrogens is 211 g/mol. The predicted molar refractivity (Wildman–Crippen MR) is 59.1 cm³/mol. The first kappa shape index (κ1) is 12.5. The first-order valence-corrected chi connectivity index (χ1v) is 4.92. The van der Waals surface area contributed by atoms with Crippen LogP contribution in [0.25, 0.3) is 0 Å². The number of hydrogen-bond donors (Lipinski definition) is 0.